The van der Waals surface area contributed by atoms with Gasteiger partial charge in [-0.2, -0.15) is 11.8 Å². The van der Waals surface area contributed by atoms with E-state index in [-0.39, 0.29) is 16.7 Å². The summed E-state index contributed by atoms with van der Waals surface area (Å²) in [6.07, 6.45) is 0. The van der Waals surface area contributed by atoms with Crippen LogP contribution in [0, 0.1) is 10.1 Å². The summed E-state index contributed by atoms with van der Waals surface area (Å²) in [6, 6.07) is 15.2. The minimum Gasteiger partial charge on any atom is -0.372 e. The van der Waals surface area contributed by atoms with E-state index in [1.54, 1.807) is 12.1 Å². The van der Waals surface area contributed by atoms with Gasteiger partial charge in [0.2, 0.25) is 0 Å². The smallest absolute Gasteiger partial charge is 0.292 e. The van der Waals surface area contributed by atoms with Crippen molar-refractivity contribution in [2.24, 2.45) is 0 Å². The molecule has 1 atom stereocenters. The number of rotatable bonds is 3. The van der Waals surface area contributed by atoms with E-state index in [0.717, 1.165) is 11.5 Å². The van der Waals surface area contributed by atoms with Crippen molar-refractivity contribution in [3.63, 3.8) is 0 Å². The third-order valence-electron chi connectivity index (χ3n) is 3.40. The Bertz CT molecular complexity index is 645. The Hall–Kier alpha value is -2.01. The third-order valence-corrected chi connectivity index (χ3v) is 4.49. The van der Waals surface area contributed by atoms with Gasteiger partial charge in [-0.3, -0.25) is 10.1 Å². The number of fused-ring (bicyclic) bond motifs is 1. The summed E-state index contributed by atoms with van der Waals surface area (Å²) in [5.41, 5.74) is 3.25. The van der Waals surface area contributed by atoms with Crippen LogP contribution >= 0.6 is 11.8 Å². The molecule has 5 heteroatoms. The van der Waals surface area contributed by atoms with Crippen molar-refractivity contribution in [3.05, 3.63) is 69.8 Å². The SMILES string of the molecule is O=[N+]([O-])c1ccccc1NC1CSCc2ccccc21. The number of benzene rings is 2. The summed E-state index contributed by atoms with van der Waals surface area (Å²) in [7, 11) is 0. The number of anilines is 1. The van der Waals surface area contributed by atoms with E-state index in [1.165, 1.54) is 17.2 Å². The predicted molar refractivity (Wildman–Crippen MR) is 82.1 cm³/mol. The molecule has 0 fully saturated rings. The average molecular weight is 286 g/mol. The normalized spacial score (nSPS) is 17.3. The monoisotopic (exact) mass is 286 g/mol. The fourth-order valence-corrected chi connectivity index (χ4v) is 3.54. The Morgan fingerprint density at radius 1 is 1.15 bits per heavy atom. The lowest BCUT2D eigenvalue weighted by Gasteiger charge is -2.26. The second kappa shape index (κ2) is 5.54. The lowest BCUT2D eigenvalue weighted by atomic mass is 10.0. The van der Waals surface area contributed by atoms with Gasteiger partial charge >= 0.3 is 0 Å². The molecule has 0 spiro atoms. The van der Waals surface area contributed by atoms with Crippen molar-refractivity contribution in [3.8, 4) is 0 Å². The first-order valence-corrected chi connectivity index (χ1v) is 7.56. The summed E-state index contributed by atoms with van der Waals surface area (Å²) in [6.45, 7) is 0. The van der Waals surface area contributed by atoms with Crippen LogP contribution in [0.5, 0.6) is 0 Å². The van der Waals surface area contributed by atoms with Gasteiger partial charge in [0.15, 0.2) is 0 Å². The molecular weight excluding hydrogens is 272 g/mol. The molecule has 0 aromatic heterocycles. The quantitative estimate of drug-likeness (QED) is 0.684. The maximum Gasteiger partial charge on any atom is 0.292 e. The molecule has 3 rings (SSSR count). The minimum atomic E-state index is -0.343. The molecule has 0 radical (unpaired) electrons. The van der Waals surface area contributed by atoms with Crippen molar-refractivity contribution in [2.45, 2.75) is 11.8 Å². The Balaban J connectivity index is 1.92. The number of para-hydroxylation sites is 2. The summed E-state index contributed by atoms with van der Waals surface area (Å²) in [4.78, 5) is 10.7. The summed E-state index contributed by atoms with van der Waals surface area (Å²) in [5.74, 6) is 1.92. The van der Waals surface area contributed by atoms with Crippen LogP contribution < -0.4 is 5.32 Å². The molecule has 2 aromatic carbocycles. The number of hydrogen-bond donors (Lipinski definition) is 1. The van der Waals surface area contributed by atoms with E-state index >= 15 is 0 Å². The van der Waals surface area contributed by atoms with Gasteiger partial charge in [-0.05, 0) is 17.2 Å². The number of nitro benzene ring substituents is 1. The van der Waals surface area contributed by atoms with Gasteiger partial charge in [0.05, 0.1) is 11.0 Å². The van der Waals surface area contributed by atoms with Crippen molar-refractivity contribution in [1.82, 2.24) is 0 Å². The van der Waals surface area contributed by atoms with Crippen LogP contribution in [0.1, 0.15) is 17.2 Å². The highest BCUT2D eigenvalue weighted by Crippen LogP contribution is 2.35. The molecule has 2 aromatic rings. The van der Waals surface area contributed by atoms with Crippen LogP contribution in [0.2, 0.25) is 0 Å². The molecule has 0 saturated heterocycles. The maximum absolute atomic E-state index is 11.1. The molecule has 0 aliphatic carbocycles. The second-order valence-corrected chi connectivity index (χ2v) is 5.72. The molecule has 0 amide bonds. The van der Waals surface area contributed by atoms with E-state index in [2.05, 4.69) is 17.4 Å². The predicted octanol–water partition coefficient (Wildman–Crippen LogP) is 3.99. The van der Waals surface area contributed by atoms with Gasteiger partial charge in [-0.15, -0.1) is 0 Å². The van der Waals surface area contributed by atoms with Crippen molar-refractivity contribution in [2.75, 3.05) is 11.1 Å². The lowest BCUT2D eigenvalue weighted by molar-refractivity contribution is -0.384. The number of nitrogens with one attached hydrogen (secondary N) is 1. The average Bonchev–Trinajstić information content (AvgIpc) is 2.48. The summed E-state index contributed by atoms with van der Waals surface area (Å²) in [5, 5.41) is 14.4. The highest BCUT2D eigenvalue weighted by molar-refractivity contribution is 7.98. The fraction of sp³-hybridized carbons (Fsp3) is 0.200. The van der Waals surface area contributed by atoms with Crippen LogP contribution in [0.15, 0.2) is 48.5 Å². The highest BCUT2D eigenvalue weighted by atomic mass is 32.2. The topological polar surface area (TPSA) is 55.2 Å². The first kappa shape index (κ1) is 13.0. The maximum atomic E-state index is 11.1. The zero-order chi connectivity index (χ0) is 13.9. The molecular formula is C15H14N2O2S. The molecule has 102 valence electrons. The van der Waals surface area contributed by atoms with E-state index in [1.807, 2.05) is 30.0 Å². The van der Waals surface area contributed by atoms with Crippen LogP contribution in [0.3, 0.4) is 0 Å². The first-order valence-electron chi connectivity index (χ1n) is 6.41. The van der Waals surface area contributed by atoms with E-state index < -0.39 is 0 Å². The molecule has 1 aliphatic rings. The van der Waals surface area contributed by atoms with E-state index in [0.29, 0.717) is 5.69 Å². The number of thioether (sulfide) groups is 1. The highest BCUT2D eigenvalue weighted by Gasteiger charge is 2.22. The zero-order valence-electron chi connectivity index (χ0n) is 10.8. The van der Waals surface area contributed by atoms with Crippen LogP contribution in [-0.2, 0) is 5.75 Å². The van der Waals surface area contributed by atoms with Gasteiger partial charge in [-0.1, -0.05) is 36.4 Å². The number of hydrogen-bond acceptors (Lipinski definition) is 4. The minimum absolute atomic E-state index is 0.117. The molecule has 1 heterocycles. The number of nitro groups is 1. The van der Waals surface area contributed by atoms with Gasteiger partial charge in [0, 0.05) is 17.6 Å². The Labute approximate surface area is 121 Å². The zero-order valence-corrected chi connectivity index (χ0v) is 11.6. The summed E-state index contributed by atoms with van der Waals surface area (Å²) < 4.78 is 0. The molecule has 1 aliphatic heterocycles. The molecule has 4 nitrogen and oxygen atoms in total. The first-order chi connectivity index (χ1) is 9.75. The fourth-order valence-electron chi connectivity index (χ4n) is 2.44. The largest absolute Gasteiger partial charge is 0.372 e. The van der Waals surface area contributed by atoms with Crippen molar-refractivity contribution in [1.29, 1.82) is 0 Å². The third kappa shape index (κ3) is 2.49. The summed E-state index contributed by atoms with van der Waals surface area (Å²) >= 11 is 1.85. The lowest BCUT2D eigenvalue weighted by Crippen LogP contribution is -2.19. The van der Waals surface area contributed by atoms with Crippen molar-refractivity contribution < 1.29 is 4.92 Å². The Kier molecular flexibility index (Phi) is 3.60. The van der Waals surface area contributed by atoms with Crippen molar-refractivity contribution >= 4 is 23.1 Å². The molecule has 20 heavy (non-hydrogen) atoms. The van der Waals surface area contributed by atoms with Gasteiger partial charge in [-0.25, -0.2) is 0 Å². The second-order valence-electron chi connectivity index (χ2n) is 4.69. The molecule has 1 N–H and O–H groups in total. The Morgan fingerprint density at radius 3 is 2.75 bits per heavy atom. The molecule has 0 bridgehead atoms. The van der Waals surface area contributed by atoms with Crippen LogP contribution in [0.4, 0.5) is 11.4 Å². The molecule has 1 unspecified atom stereocenters. The van der Waals surface area contributed by atoms with E-state index in [9.17, 15) is 10.1 Å². The number of nitrogens with zero attached hydrogens (tertiary/aromatic N) is 1. The van der Waals surface area contributed by atoms with Crippen LogP contribution in [-0.4, -0.2) is 10.7 Å². The molecule has 0 saturated carbocycles. The van der Waals surface area contributed by atoms with Gasteiger partial charge in [0.1, 0.15) is 5.69 Å². The van der Waals surface area contributed by atoms with Crippen LogP contribution in [0.25, 0.3) is 0 Å². The standard InChI is InChI=1S/C15H14N2O2S/c18-17(19)15-8-4-3-7-13(15)16-14-10-20-9-11-5-1-2-6-12(11)14/h1-8,14,16H,9-10H2. The van der Waals surface area contributed by atoms with Gasteiger partial charge in [0.25, 0.3) is 5.69 Å². The van der Waals surface area contributed by atoms with Gasteiger partial charge < -0.3 is 5.32 Å². The van der Waals surface area contributed by atoms with E-state index in [4.69, 9.17) is 0 Å². The Morgan fingerprint density at radius 2 is 1.90 bits per heavy atom.